The van der Waals surface area contributed by atoms with Crippen molar-refractivity contribution in [2.75, 3.05) is 20.7 Å². The smallest absolute Gasteiger partial charge is 0.308 e. The zero-order chi connectivity index (χ0) is 13.1. The van der Waals surface area contributed by atoms with Crippen LogP contribution in [0.1, 0.15) is 24.4 Å². The molecule has 2 unspecified atom stereocenters. The maximum absolute atomic E-state index is 11.7. The Hall–Kier alpha value is -0.870. The highest BCUT2D eigenvalue weighted by atomic mass is 79.9. The SMILES string of the molecule is COC(=O)C1CCN(C)C(c2ccccc2Br)C1. The molecule has 1 aliphatic rings. The van der Waals surface area contributed by atoms with E-state index in [4.69, 9.17) is 4.74 Å². The molecule has 0 bridgehead atoms. The van der Waals surface area contributed by atoms with E-state index in [0.29, 0.717) is 0 Å². The summed E-state index contributed by atoms with van der Waals surface area (Å²) in [6.07, 6.45) is 1.70. The van der Waals surface area contributed by atoms with Crippen LogP contribution in [0.15, 0.2) is 28.7 Å². The van der Waals surface area contributed by atoms with Gasteiger partial charge in [-0.25, -0.2) is 0 Å². The first-order valence-electron chi connectivity index (χ1n) is 6.16. The maximum atomic E-state index is 11.7. The van der Waals surface area contributed by atoms with Gasteiger partial charge in [0.15, 0.2) is 0 Å². The molecule has 18 heavy (non-hydrogen) atoms. The number of esters is 1. The molecule has 98 valence electrons. The number of carbonyl (C=O) groups excluding carboxylic acids is 1. The zero-order valence-electron chi connectivity index (χ0n) is 10.7. The minimum Gasteiger partial charge on any atom is -0.469 e. The van der Waals surface area contributed by atoms with Crippen LogP contribution >= 0.6 is 15.9 Å². The van der Waals surface area contributed by atoms with Crippen LogP contribution in [0.2, 0.25) is 0 Å². The molecule has 0 aromatic heterocycles. The molecule has 0 aliphatic carbocycles. The topological polar surface area (TPSA) is 29.5 Å². The lowest BCUT2D eigenvalue weighted by Gasteiger charge is -2.36. The van der Waals surface area contributed by atoms with E-state index in [9.17, 15) is 4.79 Å². The van der Waals surface area contributed by atoms with Crippen LogP contribution in [0.25, 0.3) is 0 Å². The molecule has 3 nitrogen and oxygen atoms in total. The molecule has 1 fully saturated rings. The summed E-state index contributed by atoms with van der Waals surface area (Å²) in [6, 6.07) is 8.48. The summed E-state index contributed by atoms with van der Waals surface area (Å²) in [5, 5.41) is 0. The van der Waals surface area contributed by atoms with Gasteiger partial charge in [-0.15, -0.1) is 0 Å². The number of nitrogens with zero attached hydrogens (tertiary/aromatic N) is 1. The fraction of sp³-hybridized carbons (Fsp3) is 0.500. The Morgan fingerprint density at radius 2 is 2.17 bits per heavy atom. The van der Waals surface area contributed by atoms with Crippen molar-refractivity contribution < 1.29 is 9.53 Å². The highest BCUT2D eigenvalue weighted by molar-refractivity contribution is 9.10. The molecule has 2 rings (SSSR count). The molecule has 1 aromatic rings. The number of benzene rings is 1. The molecule has 0 radical (unpaired) electrons. The summed E-state index contributed by atoms with van der Waals surface area (Å²) in [5.74, 6) is -0.0662. The van der Waals surface area contributed by atoms with Gasteiger partial charge in [-0.3, -0.25) is 9.69 Å². The highest BCUT2D eigenvalue weighted by Crippen LogP contribution is 2.36. The van der Waals surface area contributed by atoms with Crippen molar-refractivity contribution >= 4 is 21.9 Å². The summed E-state index contributed by atoms with van der Waals surface area (Å²) < 4.78 is 5.97. The number of hydrogen-bond acceptors (Lipinski definition) is 3. The van der Waals surface area contributed by atoms with Crippen LogP contribution in [0.4, 0.5) is 0 Å². The standard InChI is InChI=1S/C14H18BrNO2/c1-16-8-7-10(14(17)18-2)9-13(16)11-5-3-4-6-12(11)15/h3-6,10,13H,7-9H2,1-2H3. The molecule has 1 heterocycles. The molecule has 4 heteroatoms. The minimum absolute atomic E-state index is 0.0170. The van der Waals surface area contributed by atoms with Crippen LogP contribution in [0.5, 0.6) is 0 Å². The second-order valence-corrected chi connectivity index (χ2v) is 5.62. The molecule has 1 saturated heterocycles. The molecule has 0 N–H and O–H groups in total. The molecule has 2 atom stereocenters. The minimum atomic E-state index is -0.0832. The van der Waals surface area contributed by atoms with E-state index in [1.165, 1.54) is 12.7 Å². The predicted molar refractivity (Wildman–Crippen MR) is 74.3 cm³/mol. The first-order valence-corrected chi connectivity index (χ1v) is 6.95. The Kier molecular flexibility index (Phi) is 4.40. The van der Waals surface area contributed by atoms with Crippen molar-refractivity contribution in [1.29, 1.82) is 0 Å². The Labute approximate surface area is 116 Å². The van der Waals surface area contributed by atoms with Gasteiger partial charge in [0.2, 0.25) is 0 Å². The van der Waals surface area contributed by atoms with Crippen molar-refractivity contribution in [3.8, 4) is 0 Å². The number of halogens is 1. The van der Waals surface area contributed by atoms with Crippen LogP contribution in [-0.4, -0.2) is 31.6 Å². The Bertz CT molecular complexity index is 436. The molecule has 0 saturated carbocycles. The summed E-state index contributed by atoms with van der Waals surface area (Å²) in [4.78, 5) is 14.0. The molecular weight excluding hydrogens is 294 g/mol. The first-order chi connectivity index (χ1) is 8.63. The van der Waals surface area contributed by atoms with Gasteiger partial charge in [0.1, 0.15) is 0 Å². The van der Waals surface area contributed by atoms with E-state index >= 15 is 0 Å². The van der Waals surface area contributed by atoms with Gasteiger partial charge in [-0.05, 0) is 38.1 Å². The van der Waals surface area contributed by atoms with Crippen LogP contribution in [0.3, 0.4) is 0 Å². The quantitative estimate of drug-likeness (QED) is 0.786. The summed E-state index contributed by atoms with van der Waals surface area (Å²) in [5.41, 5.74) is 1.24. The van der Waals surface area contributed by atoms with Crippen molar-refractivity contribution in [3.63, 3.8) is 0 Å². The number of carbonyl (C=O) groups is 1. The molecule has 0 amide bonds. The van der Waals surface area contributed by atoms with Crippen molar-refractivity contribution in [1.82, 2.24) is 4.90 Å². The average Bonchev–Trinajstić information content (AvgIpc) is 2.39. The predicted octanol–water partition coefficient (Wildman–Crippen LogP) is 3.01. The van der Waals surface area contributed by atoms with Crippen molar-refractivity contribution in [3.05, 3.63) is 34.3 Å². The van der Waals surface area contributed by atoms with E-state index in [-0.39, 0.29) is 17.9 Å². The van der Waals surface area contributed by atoms with Crippen LogP contribution < -0.4 is 0 Å². The van der Waals surface area contributed by atoms with Gasteiger partial charge < -0.3 is 4.74 Å². The second-order valence-electron chi connectivity index (χ2n) is 4.76. The maximum Gasteiger partial charge on any atom is 0.308 e. The third-order valence-electron chi connectivity index (χ3n) is 3.67. The van der Waals surface area contributed by atoms with E-state index in [1.54, 1.807) is 0 Å². The fourth-order valence-electron chi connectivity index (χ4n) is 2.57. The number of ether oxygens (including phenoxy) is 1. The lowest BCUT2D eigenvalue weighted by molar-refractivity contribution is -0.147. The summed E-state index contributed by atoms with van der Waals surface area (Å²) in [7, 11) is 3.58. The monoisotopic (exact) mass is 311 g/mol. The number of hydrogen-bond donors (Lipinski definition) is 0. The molecular formula is C14H18BrNO2. The van der Waals surface area contributed by atoms with E-state index in [1.807, 2.05) is 18.2 Å². The van der Waals surface area contributed by atoms with Gasteiger partial charge in [-0.2, -0.15) is 0 Å². The Balaban J connectivity index is 2.20. The summed E-state index contributed by atoms with van der Waals surface area (Å²) in [6.45, 7) is 0.922. The van der Waals surface area contributed by atoms with E-state index in [0.717, 1.165) is 23.9 Å². The van der Waals surface area contributed by atoms with Gasteiger partial charge in [-0.1, -0.05) is 34.1 Å². The molecule has 1 aliphatic heterocycles. The van der Waals surface area contributed by atoms with Crippen molar-refractivity contribution in [2.24, 2.45) is 5.92 Å². The van der Waals surface area contributed by atoms with E-state index < -0.39 is 0 Å². The largest absolute Gasteiger partial charge is 0.469 e. The third-order valence-corrected chi connectivity index (χ3v) is 4.39. The number of methoxy groups -OCH3 is 1. The first kappa shape index (κ1) is 13.6. The van der Waals surface area contributed by atoms with Gasteiger partial charge in [0.25, 0.3) is 0 Å². The van der Waals surface area contributed by atoms with Gasteiger partial charge >= 0.3 is 5.97 Å². The van der Waals surface area contributed by atoms with Crippen LogP contribution in [-0.2, 0) is 9.53 Å². The van der Waals surface area contributed by atoms with Crippen molar-refractivity contribution in [2.45, 2.75) is 18.9 Å². The van der Waals surface area contributed by atoms with Gasteiger partial charge in [0, 0.05) is 10.5 Å². The molecule has 1 aromatic carbocycles. The fourth-order valence-corrected chi connectivity index (χ4v) is 3.12. The highest BCUT2D eigenvalue weighted by Gasteiger charge is 2.32. The normalized spacial score (nSPS) is 24.8. The lowest BCUT2D eigenvalue weighted by Crippen LogP contribution is -2.37. The average molecular weight is 312 g/mol. The molecule has 0 spiro atoms. The Morgan fingerprint density at radius 3 is 2.83 bits per heavy atom. The number of rotatable bonds is 2. The third kappa shape index (κ3) is 2.75. The second kappa shape index (κ2) is 5.85. The van der Waals surface area contributed by atoms with Gasteiger partial charge in [0.05, 0.1) is 13.0 Å². The number of likely N-dealkylation sites (tertiary alicyclic amines) is 1. The number of piperidine rings is 1. The zero-order valence-corrected chi connectivity index (χ0v) is 12.3. The van der Waals surface area contributed by atoms with Crippen LogP contribution in [0, 0.1) is 5.92 Å². The lowest BCUT2D eigenvalue weighted by atomic mass is 9.87. The summed E-state index contributed by atoms with van der Waals surface area (Å²) >= 11 is 3.59. The Morgan fingerprint density at radius 1 is 1.44 bits per heavy atom. The van der Waals surface area contributed by atoms with E-state index in [2.05, 4.69) is 33.9 Å².